The highest BCUT2D eigenvalue weighted by Gasteiger charge is 2.39. The van der Waals surface area contributed by atoms with Gasteiger partial charge in [-0.05, 0) is 25.0 Å². The average Bonchev–Trinajstić information content (AvgIpc) is 3.06. The molecule has 1 aromatic heterocycles. The number of amides is 2. The van der Waals surface area contributed by atoms with Gasteiger partial charge in [0, 0.05) is 13.1 Å². The molecule has 1 aliphatic rings. The summed E-state index contributed by atoms with van der Waals surface area (Å²) in [7, 11) is 0. The molecule has 1 aromatic carbocycles. The molecule has 27 heavy (non-hydrogen) atoms. The van der Waals surface area contributed by atoms with Gasteiger partial charge < -0.3 is 15.3 Å². The molecule has 0 spiro atoms. The Morgan fingerprint density at radius 1 is 1.15 bits per heavy atom. The number of carbonyl (C=O) groups is 2. The van der Waals surface area contributed by atoms with Crippen LogP contribution in [0.5, 0.6) is 0 Å². The number of aromatic nitrogens is 2. The summed E-state index contributed by atoms with van der Waals surface area (Å²) < 4.78 is 41.4. The maximum atomic E-state index is 13.6. The van der Waals surface area contributed by atoms with Gasteiger partial charge in [0.2, 0.25) is 0 Å². The fourth-order valence-electron chi connectivity index (χ4n) is 3.00. The molecular weight excluding hydrogens is 365 g/mol. The molecule has 0 bridgehead atoms. The number of halogens is 3. The first kappa shape index (κ1) is 18.7. The Balaban J connectivity index is 1.80. The van der Waals surface area contributed by atoms with Gasteiger partial charge in [-0.15, -0.1) is 0 Å². The summed E-state index contributed by atoms with van der Waals surface area (Å²) >= 11 is 0. The number of likely N-dealkylation sites (tertiary alicyclic amines) is 1. The van der Waals surface area contributed by atoms with E-state index in [1.807, 2.05) is 0 Å². The number of carboxylic acid groups (broad SMARTS) is 1. The summed E-state index contributed by atoms with van der Waals surface area (Å²) in [5, 5.41) is 15.0. The highest BCUT2D eigenvalue weighted by molar-refractivity contribution is 5.90. The fourth-order valence-corrected chi connectivity index (χ4v) is 3.00. The zero-order chi connectivity index (χ0) is 19.6. The lowest BCUT2D eigenvalue weighted by atomic mass is 9.97. The average molecular weight is 382 g/mol. The lowest BCUT2D eigenvalue weighted by Gasteiger charge is -2.30. The molecule has 1 saturated heterocycles. The number of carboxylic acids is 1. The van der Waals surface area contributed by atoms with Gasteiger partial charge in [0.05, 0.1) is 23.5 Å². The van der Waals surface area contributed by atoms with Crippen molar-refractivity contribution in [3.63, 3.8) is 0 Å². The molecule has 0 aliphatic carbocycles. The van der Waals surface area contributed by atoms with Crippen LogP contribution in [0.15, 0.2) is 36.5 Å². The van der Waals surface area contributed by atoms with Crippen molar-refractivity contribution in [1.29, 1.82) is 0 Å². The van der Waals surface area contributed by atoms with Gasteiger partial charge in [-0.3, -0.25) is 4.79 Å². The number of rotatable bonds is 3. The standard InChI is InChI=1S/C17H17F3N4O3/c18-17(19,20)14-13(10-21-24(14)12-4-2-1-3-5-12)22-16(27)23-8-6-11(7-9-23)15(25)26/h1-5,10-11H,6-9H2,(H,22,27)(H,25,26). The van der Waals surface area contributed by atoms with E-state index in [4.69, 9.17) is 5.11 Å². The van der Waals surface area contributed by atoms with Crippen LogP contribution in [0.1, 0.15) is 18.5 Å². The van der Waals surface area contributed by atoms with Crippen molar-refractivity contribution in [2.45, 2.75) is 19.0 Å². The molecule has 0 atom stereocenters. The molecule has 0 radical (unpaired) electrons. The number of anilines is 1. The number of hydrogen-bond donors (Lipinski definition) is 2. The maximum absolute atomic E-state index is 13.6. The van der Waals surface area contributed by atoms with E-state index in [0.29, 0.717) is 0 Å². The molecule has 1 fully saturated rings. The number of aliphatic carboxylic acids is 1. The van der Waals surface area contributed by atoms with Crippen LogP contribution in [0, 0.1) is 5.92 Å². The second-order valence-corrected chi connectivity index (χ2v) is 6.18. The Labute approximate surface area is 152 Å². The van der Waals surface area contributed by atoms with Crippen LogP contribution in [0.3, 0.4) is 0 Å². The smallest absolute Gasteiger partial charge is 0.435 e. The minimum atomic E-state index is -4.73. The van der Waals surface area contributed by atoms with Crippen LogP contribution in [-0.4, -0.2) is 44.9 Å². The van der Waals surface area contributed by atoms with Crippen LogP contribution >= 0.6 is 0 Å². The van der Waals surface area contributed by atoms with E-state index in [0.717, 1.165) is 10.9 Å². The molecule has 7 nitrogen and oxygen atoms in total. The van der Waals surface area contributed by atoms with Gasteiger partial charge >= 0.3 is 18.2 Å². The van der Waals surface area contributed by atoms with Gasteiger partial charge in [-0.2, -0.15) is 18.3 Å². The summed E-state index contributed by atoms with van der Waals surface area (Å²) in [6.07, 6.45) is -3.25. The third kappa shape index (κ3) is 4.04. The van der Waals surface area contributed by atoms with Crippen molar-refractivity contribution in [3.05, 3.63) is 42.2 Å². The van der Waals surface area contributed by atoms with Crippen LogP contribution in [0.2, 0.25) is 0 Å². The molecule has 2 amide bonds. The Kier molecular flexibility index (Phi) is 5.06. The van der Waals surface area contributed by atoms with Gasteiger partial charge in [0.25, 0.3) is 0 Å². The van der Waals surface area contributed by atoms with Crippen LogP contribution < -0.4 is 5.32 Å². The van der Waals surface area contributed by atoms with Crippen molar-refractivity contribution in [2.24, 2.45) is 5.92 Å². The van der Waals surface area contributed by atoms with Crippen LogP contribution in [-0.2, 0) is 11.0 Å². The number of benzene rings is 1. The first-order chi connectivity index (χ1) is 12.8. The lowest BCUT2D eigenvalue weighted by Crippen LogP contribution is -2.42. The quantitative estimate of drug-likeness (QED) is 0.853. The summed E-state index contributed by atoms with van der Waals surface area (Å²) in [5.74, 6) is -1.47. The molecule has 2 heterocycles. The lowest BCUT2D eigenvalue weighted by molar-refractivity contribution is -0.143. The third-order valence-corrected chi connectivity index (χ3v) is 4.41. The van der Waals surface area contributed by atoms with Gasteiger partial charge in [-0.1, -0.05) is 18.2 Å². The van der Waals surface area contributed by atoms with Crippen molar-refractivity contribution in [2.75, 3.05) is 18.4 Å². The molecular formula is C17H17F3N4O3. The topological polar surface area (TPSA) is 87.5 Å². The Morgan fingerprint density at radius 2 is 1.78 bits per heavy atom. The maximum Gasteiger partial charge on any atom is 0.435 e. The predicted molar refractivity (Wildman–Crippen MR) is 89.5 cm³/mol. The highest BCUT2D eigenvalue weighted by Crippen LogP contribution is 2.36. The monoisotopic (exact) mass is 382 g/mol. The van der Waals surface area contributed by atoms with Crippen molar-refractivity contribution < 1.29 is 27.9 Å². The van der Waals surface area contributed by atoms with Gasteiger partial charge in [0.15, 0.2) is 5.69 Å². The summed E-state index contributed by atoms with van der Waals surface area (Å²) in [6, 6.07) is 7.08. The van der Waals surface area contributed by atoms with Crippen LogP contribution in [0.25, 0.3) is 5.69 Å². The number of piperidine rings is 1. The second kappa shape index (κ2) is 7.29. The van der Waals surface area contributed by atoms with E-state index in [2.05, 4.69) is 10.4 Å². The number of hydrogen-bond acceptors (Lipinski definition) is 3. The zero-order valence-electron chi connectivity index (χ0n) is 14.1. The first-order valence-corrected chi connectivity index (χ1v) is 8.26. The van der Waals surface area contributed by atoms with Crippen molar-refractivity contribution >= 4 is 17.7 Å². The van der Waals surface area contributed by atoms with E-state index >= 15 is 0 Å². The number of nitrogens with zero attached hydrogens (tertiary/aromatic N) is 3. The van der Waals surface area contributed by atoms with E-state index in [9.17, 15) is 22.8 Å². The summed E-state index contributed by atoms with van der Waals surface area (Å²) in [4.78, 5) is 24.6. The molecule has 3 rings (SSSR count). The largest absolute Gasteiger partial charge is 0.481 e. The minimum absolute atomic E-state index is 0.164. The van der Waals surface area contributed by atoms with E-state index in [-0.39, 0.29) is 31.6 Å². The zero-order valence-corrected chi connectivity index (χ0v) is 14.1. The van der Waals surface area contributed by atoms with Gasteiger partial charge in [-0.25, -0.2) is 9.48 Å². The van der Waals surface area contributed by atoms with Crippen molar-refractivity contribution in [1.82, 2.24) is 14.7 Å². The first-order valence-electron chi connectivity index (χ1n) is 8.26. The van der Waals surface area contributed by atoms with Crippen molar-refractivity contribution in [3.8, 4) is 5.69 Å². The number of carbonyl (C=O) groups excluding carboxylic acids is 1. The van der Waals surface area contributed by atoms with Crippen LogP contribution in [0.4, 0.5) is 23.7 Å². The SMILES string of the molecule is O=C(O)C1CCN(C(=O)Nc2cnn(-c3ccccc3)c2C(F)(F)F)CC1. The fraction of sp³-hybridized carbons (Fsp3) is 0.353. The summed E-state index contributed by atoms with van der Waals surface area (Å²) in [5.41, 5.74) is -1.31. The normalized spacial score (nSPS) is 15.6. The Morgan fingerprint density at radius 3 is 2.33 bits per heavy atom. The molecule has 2 N–H and O–H groups in total. The van der Waals surface area contributed by atoms with Gasteiger partial charge in [0.1, 0.15) is 0 Å². The number of nitrogens with one attached hydrogen (secondary N) is 1. The Hall–Kier alpha value is -3.04. The third-order valence-electron chi connectivity index (χ3n) is 4.41. The molecule has 2 aromatic rings. The molecule has 10 heteroatoms. The molecule has 0 unspecified atom stereocenters. The second-order valence-electron chi connectivity index (χ2n) is 6.18. The van der Waals surface area contributed by atoms with E-state index in [1.165, 1.54) is 17.0 Å². The number of para-hydroxylation sites is 1. The molecule has 1 aliphatic heterocycles. The Bertz CT molecular complexity index is 828. The predicted octanol–water partition coefficient (Wildman–Crippen LogP) is 3.22. The molecule has 0 saturated carbocycles. The molecule has 144 valence electrons. The highest BCUT2D eigenvalue weighted by atomic mass is 19.4. The minimum Gasteiger partial charge on any atom is -0.481 e. The van der Waals surface area contributed by atoms with E-state index < -0.39 is 35.5 Å². The number of alkyl halides is 3. The summed E-state index contributed by atoms with van der Waals surface area (Å²) in [6.45, 7) is 0.327. The number of urea groups is 1. The van der Waals surface area contributed by atoms with E-state index in [1.54, 1.807) is 18.2 Å².